The van der Waals surface area contributed by atoms with Crippen LogP contribution in [-0.4, -0.2) is 77.0 Å². The molecule has 1 saturated heterocycles. The Balaban J connectivity index is 1.13. The maximum absolute atomic E-state index is 15.2. The third kappa shape index (κ3) is 7.13. The first kappa shape index (κ1) is 29.9. The van der Waals surface area contributed by atoms with Crippen LogP contribution in [0, 0.1) is 11.6 Å². The van der Waals surface area contributed by atoms with E-state index in [1.54, 1.807) is 30.2 Å². The van der Waals surface area contributed by atoms with Gasteiger partial charge in [-0.3, -0.25) is 14.3 Å². The van der Waals surface area contributed by atoms with Crippen molar-refractivity contribution in [3.63, 3.8) is 0 Å². The number of hydrogen-bond donors (Lipinski definition) is 1. The van der Waals surface area contributed by atoms with Gasteiger partial charge >= 0.3 is 0 Å². The van der Waals surface area contributed by atoms with Gasteiger partial charge in [-0.05, 0) is 70.4 Å². The number of hydrogen-bond acceptors (Lipinski definition) is 9. The second-order valence-corrected chi connectivity index (χ2v) is 12.1. The Morgan fingerprint density at radius 1 is 1.14 bits per heavy atom. The van der Waals surface area contributed by atoms with Crippen molar-refractivity contribution in [2.45, 2.75) is 61.7 Å². The molecule has 1 aliphatic carbocycles. The third-order valence-corrected chi connectivity index (χ3v) is 8.80. The summed E-state index contributed by atoms with van der Waals surface area (Å²) < 4.78 is 37.9. The van der Waals surface area contributed by atoms with E-state index in [4.69, 9.17) is 4.74 Å². The zero-order chi connectivity index (χ0) is 30.5. The number of carbonyl (C=O) groups excluding carboxylic acids is 1. The summed E-state index contributed by atoms with van der Waals surface area (Å²) in [5.74, 6) is -1.59. The van der Waals surface area contributed by atoms with E-state index < -0.39 is 11.6 Å². The second-order valence-electron chi connectivity index (χ2n) is 10.9. The molecule has 0 radical (unpaired) electrons. The smallest absolute Gasteiger partial charge is 0.243 e. The van der Waals surface area contributed by atoms with Gasteiger partial charge in [-0.15, -0.1) is 10.2 Å². The van der Waals surface area contributed by atoms with Crippen LogP contribution in [0.25, 0.3) is 16.9 Å². The average Bonchev–Trinajstić information content (AvgIpc) is 3.66. The highest BCUT2D eigenvalue weighted by atomic mass is 32.2. The lowest BCUT2D eigenvalue weighted by atomic mass is 10.1. The monoisotopic (exact) mass is 621 g/mol. The molecule has 230 valence electrons. The number of likely N-dealkylation sites (tertiary alicyclic amines) is 1. The van der Waals surface area contributed by atoms with Gasteiger partial charge in [0.25, 0.3) is 0 Å². The number of aromatic nitrogens is 7. The Morgan fingerprint density at radius 3 is 2.77 bits per heavy atom. The Bertz CT molecular complexity index is 1620. The minimum absolute atomic E-state index is 0.0884. The number of ether oxygens (including phenoxy) is 1. The molecule has 1 fully saturated rings. The number of allylic oxidation sites excluding steroid dienone is 1. The van der Waals surface area contributed by atoms with Crippen molar-refractivity contribution in [2.24, 2.45) is 0 Å². The molecule has 14 heteroatoms. The van der Waals surface area contributed by atoms with Crippen LogP contribution in [-0.2, 0) is 17.9 Å². The lowest BCUT2D eigenvalue weighted by Crippen LogP contribution is -2.44. The highest BCUT2D eigenvalue weighted by Gasteiger charge is 2.22. The van der Waals surface area contributed by atoms with Gasteiger partial charge in [-0.2, -0.15) is 15.0 Å². The largest absolute Gasteiger partial charge is 0.482 e. The van der Waals surface area contributed by atoms with Crippen LogP contribution in [0.5, 0.6) is 5.75 Å². The first-order chi connectivity index (χ1) is 21.4. The average molecular weight is 622 g/mol. The minimum Gasteiger partial charge on any atom is -0.482 e. The number of thioether (sulfide) groups is 1. The summed E-state index contributed by atoms with van der Waals surface area (Å²) in [6, 6.07) is 5.77. The number of rotatable bonds is 10. The number of pyridine rings is 1. The molecule has 1 atom stereocenters. The first-order valence-corrected chi connectivity index (χ1v) is 15.5. The summed E-state index contributed by atoms with van der Waals surface area (Å²) in [6.45, 7) is 1.57. The number of nitrogens with zero attached hydrogens (tertiary/aromatic N) is 8. The van der Waals surface area contributed by atoms with Crippen molar-refractivity contribution in [3.8, 4) is 22.7 Å². The van der Waals surface area contributed by atoms with Crippen molar-refractivity contribution in [1.82, 2.24) is 45.0 Å². The van der Waals surface area contributed by atoms with Crippen LogP contribution in [0.1, 0.15) is 37.9 Å². The summed E-state index contributed by atoms with van der Waals surface area (Å²) in [5, 5.41) is 20.9. The summed E-state index contributed by atoms with van der Waals surface area (Å²) in [5.41, 5.74) is 0.757. The van der Waals surface area contributed by atoms with Gasteiger partial charge in [-0.1, -0.05) is 23.9 Å². The van der Waals surface area contributed by atoms with Crippen molar-refractivity contribution in [1.29, 1.82) is 0 Å². The molecule has 11 nitrogen and oxygen atoms in total. The maximum atomic E-state index is 15.2. The quantitative estimate of drug-likeness (QED) is 0.260. The van der Waals surface area contributed by atoms with Gasteiger partial charge in [0, 0.05) is 29.1 Å². The van der Waals surface area contributed by atoms with E-state index >= 15 is 8.78 Å². The van der Waals surface area contributed by atoms with Crippen LogP contribution in [0.3, 0.4) is 0 Å². The van der Waals surface area contributed by atoms with Crippen LogP contribution in [0.4, 0.5) is 8.78 Å². The number of benzene rings is 1. The van der Waals surface area contributed by atoms with Crippen molar-refractivity contribution in [3.05, 3.63) is 72.5 Å². The number of halogens is 2. The highest BCUT2D eigenvalue weighted by Crippen LogP contribution is 2.32. The molecule has 0 spiro atoms. The normalized spacial score (nSPS) is 17.6. The van der Waals surface area contributed by atoms with Crippen molar-refractivity contribution < 1.29 is 18.3 Å². The van der Waals surface area contributed by atoms with Gasteiger partial charge in [0.2, 0.25) is 5.91 Å². The molecule has 0 saturated carbocycles. The van der Waals surface area contributed by atoms with Gasteiger partial charge in [0.05, 0.1) is 18.1 Å². The summed E-state index contributed by atoms with van der Waals surface area (Å²) in [7, 11) is 2.05. The lowest BCUT2D eigenvalue weighted by molar-refractivity contribution is -0.123. The molecule has 1 aromatic carbocycles. The zero-order valence-corrected chi connectivity index (χ0v) is 25.1. The fourth-order valence-corrected chi connectivity index (χ4v) is 6.41. The summed E-state index contributed by atoms with van der Waals surface area (Å²) in [6.07, 6.45) is 14.0. The van der Waals surface area contributed by atoms with E-state index in [2.05, 4.69) is 54.8 Å². The molecular weight excluding hydrogens is 588 g/mol. The van der Waals surface area contributed by atoms with E-state index in [0.29, 0.717) is 11.0 Å². The minimum atomic E-state index is -0.773. The summed E-state index contributed by atoms with van der Waals surface area (Å²) in [4.78, 5) is 20.1. The van der Waals surface area contributed by atoms with Crippen molar-refractivity contribution in [2.75, 3.05) is 20.1 Å². The van der Waals surface area contributed by atoms with E-state index in [-0.39, 0.29) is 47.4 Å². The molecule has 1 N–H and O–H groups in total. The predicted octanol–water partition coefficient (Wildman–Crippen LogP) is 4.19. The molecule has 3 aromatic heterocycles. The zero-order valence-electron chi connectivity index (χ0n) is 24.3. The molecular formula is C30H33F2N9O2S. The molecule has 0 bridgehead atoms. The van der Waals surface area contributed by atoms with Gasteiger partial charge in [0.15, 0.2) is 22.5 Å². The van der Waals surface area contributed by atoms with E-state index in [1.807, 2.05) is 10.6 Å². The molecule has 6 rings (SSSR count). The molecule has 44 heavy (non-hydrogen) atoms. The Morgan fingerprint density at radius 2 is 2.00 bits per heavy atom. The molecule has 1 unspecified atom stereocenters. The molecule has 1 aliphatic heterocycles. The third-order valence-electron chi connectivity index (χ3n) is 7.63. The van der Waals surface area contributed by atoms with Crippen LogP contribution in [0.15, 0.2) is 60.2 Å². The summed E-state index contributed by atoms with van der Waals surface area (Å²) >= 11 is 1.59. The van der Waals surface area contributed by atoms with Gasteiger partial charge < -0.3 is 15.0 Å². The Labute approximate surface area is 257 Å². The number of amides is 1. The van der Waals surface area contributed by atoms with Crippen LogP contribution in [0.2, 0.25) is 0 Å². The maximum Gasteiger partial charge on any atom is 0.243 e. The van der Waals surface area contributed by atoms with E-state index in [1.165, 1.54) is 11.0 Å². The standard InChI is InChI=1S/C30H33F2N9O2S/c1-39-12-9-20(10-13-39)35-29(42)18-40-34-17-26(38-40)23-14-25(32)27(15-24(23)31)43-19-28-36-37-30(44-22-7-3-2-4-8-22)41(28)21-6-5-11-33-16-21/h3,5-7,11,14-17,20,22H,2,4,8-10,12-13,18-19H2,1H3,(H,35,42). The number of piperidine rings is 1. The van der Waals surface area contributed by atoms with Crippen LogP contribution >= 0.6 is 11.8 Å². The van der Waals surface area contributed by atoms with Gasteiger partial charge in [-0.25, -0.2) is 8.78 Å². The molecule has 4 aromatic rings. The lowest BCUT2D eigenvalue weighted by Gasteiger charge is -2.29. The SMILES string of the molecule is CN1CCC(NC(=O)Cn2ncc(-c3cc(F)c(OCc4nnc(SC5C=CCCC5)n4-c4cccnc4)cc3F)n2)CC1. The predicted molar refractivity (Wildman–Crippen MR) is 160 cm³/mol. The highest BCUT2D eigenvalue weighted by molar-refractivity contribution is 7.99. The number of carbonyl (C=O) groups is 1. The fraction of sp³-hybridized carbons (Fsp3) is 0.400. The van der Waals surface area contributed by atoms with Gasteiger partial charge in [0.1, 0.15) is 24.7 Å². The second kappa shape index (κ2) is 13.6. The fourth-order valence-electron chi connectivity index (χ4n) is 5.26. The van der Waals surface area contributed by atoms with Crippen molar-refractivity contribution >= 4 is 17.7 Å². The topological polar surface area (TPSA) is 116 Å². The van der Waals surface area contributed by atoms with E-state index in [0.717, 1.165) is 63.0 Å². The van der Waals surface area contributed by atoms with Crippen LogP contribution < -0.4 is 10.1 Å². The number of nitrogens with one attached hydrogen (secondary N) is 1. The Kier molecular flexibility index (Phi) is 9.26. The molecule has 1 amide bonds. The first-order valence-electron chi connectivity index (χ1n) is 14.6. The molecule has 2 aliphatic rings. The molecule has 4 heterocycles. The van der Waals surface area contributed by atoms with E-state index in [9.17, 15) is 4.79 Å². The Hall–Kier alpha value is -4.17.